The molecule has 1 aliphatic rings. The van der Waals surface area contributed by atoms with Crippen LogP contribution in [0.25, 0.3) is 0 Å². The molecule has 6 nitrogen and oxygen atoms in total. The van der Waals surface area contributed by atoms with Crippen LogP contribution in [0.4, 0.5) is 0 Å². The Labute approximate surface area is 167 Å². The van der Waals surface area contributed by atoms with Gasteiger partial charge in [-0.1, -0.05) is 12.1 Å². The molecule has 7 heteroatoms. The van der Waals surface area contributed by atoms with Crippen LogP contribution < -0.4 is 15.4 Å². The van der Waals surface area contributed by atoms with Gasteiger partial charge in [-0.05, 0) is 25.5 Å². The maximum atomic E-state index is 10.5. The molecule has 2 rings (SSSR count). The number of halogens is 1. The van der Waals surface area contributed by atoms with E-state index in [9.17, 15) is 5.11 Å². The Kier molecular flexibility index (Phi) is 9.52. The zero-order chi connectivity index (χ0) is 17.4. The van der Waals surface area contributed by atoms with Gasteiger partial charge in [0.25, 0.3) is 0 Å². The smallest absolute Gasteiger partial charge is 0.191 e. The molecule has 0 atom stereocenters. The van der Waals surface area contributed by atoms with Gasteiger partial charge in [0.2, 0.25) is 0 Å². The number of hydrogen-bond donors (Lipinski definition) is 3. The fourth-order valence-corrected chi connectivity index (χ4v) is 2.66. The SMILES string of the molecule is CCNC(=NCc1ccc(C)cc1OC)NCC1(O)CCOCC1.I. The van der Waals surface area contributed by atoms with Crippen molar-refractivity contribution in [2.24, 2.45) is 4.99 Å². The Balaban J connectivity index is 0.00000312. The molecule has 25 heavy (non-hydrogen) atoms. The summed E-state index contributed by atoms with van der Waals surface area (Å²) >= 11 is 0. The third kappa shape index (κ3) is 6.99. The van der Waals surface area contributed by atoms with Crippen molar-refractivity contribution in [2.75, 3.05) is 33.4 Å². The first kappa shape index (κ1) is 22.0. The largest absolute Gasteiger partial charge is 0.496 e. The summed E-state index contributed by atoms with van der Waals surface area (Å²) in [6.45, 7) is 7.01. The van der Waals surface area contributed by atoms with E-state index in [1.165, 1.54) is 0 Å². The molecule has 0 amide bonds. The lowest BCUT2D eigenvalue weighted by Crippen LogP contribution is -2.49. The molecule has 0 radical (unpaired) electrons. The number of guanidine groups is 1. The molecule has 1 fully saturated rings. The van der Waals surface area contributed by atoms with Crippen molar-refractivity contribution in [1.29, 1.82) is 0 Å². The van der Waals surface area contributed by atoms with E-state index >= 15 is 0 Å². The van der Waals surface area contributed by atoms with Crippen molar-refractivity contribution in [3.8, 4) is 5.75 Å². The summed E-state index contributed by atoms with van der Waals surface area (Å²) in [6.07, 6.45) is 1.29. The van der Waals surface area contributed by atoms with Crippen LogP contribution in [0.15, 0.2) is 23.2 Å². The summed E-state index contributed by atoms with van der Waals surface area (Å²) in [5.41, 5.74) is 1.46. The van der Waals surface area contributed by atoms with Gasteiger partial charge >= 0.3 is 0 Å². The molecule has 1 saturated heterocycles. The predicted molar refractivity (Wildman–Crippen MR) is 111 cm³/mol. The van der Waals surface area contributed by atoms with Gasteiger partial charge in [-0.25, -0.2) is 4.99 Å². The number of aliphatic imine (C=N–C) groups is 1. The van der Waals surface area contributed by atoms with Crippen molar-refractivity contribution < 1.29 is 14.6 Å². The second-order valence-corrected chi connectivity index (χ2v) is 6.20. The number of aryl methyl sites for hydroxylation is 1. The first-order valence-electron chi connectivity index (χ1n) is 8.52. The van der Waals surface area contributed by atoms with Crippen molar-refractivity contribution >= 4 is 29.9 Å². The van der Waals surface area contributed by atoms with E-state index in [-0.39, 0.29) is 24.0 Å². The number of nitrogens with zero attached hydrogens (tertiary/aromatic N) is 1. The van der Waals surface area contributed by atoms with Gasteiger partial charge in [-0.3, -0.25) is 0 Å². The topological polar surface area (TPSA) is 75.1 Å². The number of aliphatic hydroxyl groups is 1. The fourth-order valence-electron chi connectivity index (χ4n) is 2.66. The molecule has 1 aromatic carbocycles. The van der Waals surface area contributed by atoms with E-state index in [1.54, 1.807) is 7.11 Å². The zero-order valence-electron chi connectivity index (χ0n) is 15.3. The summed E-state index contributed by atoms with van der Waals surface area (Å²) in [5, 5.41) is 17.0. The lowest BCUT2D eigenvalue weighted by atomic mass is 9.94. The highest BCUT2D eigenvalue weighted by molar-refractivity contribution is 14.0. The quantitative estimate of drug-likeness (QED) is 0.343. The van der Waals surface area contributed by atoms with Gasteiger partial charge in [0.15, 0.2) is 5.96 Å². The Morgan fingerprint density at radius 2 is 2.04 bits per heavy atom. The highest BCUT2D eigenvalue weighted by atomic mass is 127. The molecule has 3 N–H and O–H groups in total. The molecule has 1 aliphatic heterocycles. The van der Waals surface area contributed by atoms with Crippen molar-refractivity contribution in [3.05, 3.63) is 29.3 Å². The molecule has 0 aliphatic carbocycles. The number of methoxy groups -OCH3 is 1. The first-order chi connectivity index (χ1) is 11.6. The first-order valence-corrected chi connectivity index (χ1v) is 8.52. The maximum absolute atomic E-state index is 10.5. The summed E-state index contributed by atoms with van der Waals surface area (Å²) in [6, 6.07) is 6.10. The van der Waals surface area contributed by atoms with Gasteiger partial charge in [0.1, 0.15) is 5.75 Å². The average molecular weight is 463 g/mol. The maximum Gasteiger partial charge on any atom is 0.191 e. The third-order valence-corrected chi connectivity index (χ3v) is 4.20. The normalized spacial score (nSPS) is 16.7. The molecular formula is C18H30IN3O3. The van der Waals surface area contributed by atoms with E-state index in [4.69, 9.17) is 9.47 Å². The van der Waals surface area contributed by atoms with Crippen LogP contribution in [0, 0.1) is 6.92 Å². The lowest BCUT2D eigenvalue weighted by molar-refractivity contribution is -0.0594. The summed E-state index contributed by atoms with van der Waals surface area (Å²) in [5.74, 6) is 1.54. The molecule has 0 aromatic heterocycles. The van der Waals surface area contributed by atoms with E-state index in [0.29, 0.717) is 45.1 Å². The summed E-state index contributed by atoms with van der Waals surface area (Å²) in [7, 11) is 1.67. The minimum atomic E-state index is -0.726. The molecule has 0 saturated carbocycles. The summed E-state index contributed by atoms with van der Waals surface area (Å²) in [4.78, 5) is 4.61. The van der Waals surface area contributed by atoms with Crippen molar-refractivity contribution in [1.82, 2.24) is 10.6 Å². The number of ether oxygens (including phenoxy) is 2. The second-order valence-electron chi connectivity index (χ2n) is 6.20. The number of rotatable bonds is 6. The zero-order valence-corrected chi connectivity index (χ0v) is 17.6. The van der Waals surface area contributed by atoms with E-state index < -0.39 is 5.60 Å². The van der Waals surface area contributed by atoms with E-state index in [2.05, 4.69) is 21.7 Å². The summed E-state index contributed by atoms with van der Waals surface area (Å²) < 4.78 is 10.7. The Bertz CT molecular complexity index is 560. The van der Waals surface area contributed by atoms with Crippen molar-refractivity contribution in [2.45, 2.75) is 38.8 Å². The Hall–Kier alpha value is -1.06. The molecule has 142 valence electrons. The van der Waals surface area contributed by atoms with Crippen LogP contribution >= 0.6 is 24.0 Å². The standard InChI is InChI=1S/C18H29N3O3.HI/c1-4-19-17(21-13-18(22)7-9-24-10-8-18)20-12-15-6-5-14(2)11-16(15)23-3;/h5-6,11,22H,4,7-10,12-13H2,1-3H3,(H2,19,20,21);1H. The van der Waals surface area contributed by atoms with Gasteiger partial charge in [0, 0.05) is 44.7 Å². The minimum absolute atomic E-state index is 0. The number of nitrogens with one attached hydrogen (secondary N) is 2. The molecule has 1 heterocycles. The molecule has 0 spiro atoms. The van der Waals surface area contributed by atoms with Crippen LogP contribution in [0.3, 0.4) is 0 Å². The van der Waals surface area contributed by atoms with Crippen LogP contribution in [-0.4, -0.2) is 50.1 Å². The molecule has 0 bridgehead atoms. The number of benzene rings is 1. The lowest BCUT2D eigenvalue weighted by Gasteiger charge is -2.32. The van der Waals surface area contributed by atoms with E-state index in [0.717, 1.165) is 23.4 Å². The highest BCUT2D eigenvalue weighted by Crippen LogP contribution is 2.21. The van der Waals surface area contributed by atoms with Crippen LogP contribution in [0.2, 0.25) is 0 Å². The molecular weight excluding hydrogens is 433 g/mol. The van der Waals surface area contributed by atoms with Crippen molar-refractivity contribution in [3.63, 3.8) is 0 Å². The predicted octanol–water partition coefficient (Wildman–Crippen LogP) is 2.22. The monoisotopic (exact) mass is 463 g/mol. The second kappa shape index (κ2) is 10.8. The Morgan fingerprint density at radius 1 is 1.32 bits per heavy atom. The van der Waals surface area contributed by atoms with Gasteiger partial charge < -0.3 is 25.2 Å². The van der Waals surface area contributed by atoms with Gasteiger partial charge in [0.05, 0.1) is 19.3 Å². The van der Waals surface area contributed by atoms with Crippen LogP contribution in [-0.2, 0) is 11.3 Å². The Morgan fingerprint density at radius 3 is 2.68 bits per heavy atom. The third-order valence-electron chi connectivity index (χ3n) is 4.20. The fraction of sp³-hybridized carbons (Fsp3) is 0.611. The van der Waals surface area contributed by atoms with E-state index in [1.807, 2.05) is 26.0 Å². The van der Waals surface area contributed by atoms with Gasteiger partial charge in [-0.2, -0.15) is 0 Å². The molecule has 1 aromatic rings. The minimum Gasteiger partial charge on any atom is -0.496 e. The van der Waals surface area contributed by atoms with Gasteiger partial charge in [-0.15, -0.1) is 24.0 Å². The average Bonchev–Trinajstić information content (AvgIpc) is 2.58. The van der Waals surface area contributed by atoms with Crippen LogP contribution in [0.5, 0.6) is 5.75 Å². The molecule has 0 unspecified atom stereocenters. The number of hydrogen-bond acceptors (Lipinski definition) is 4. The highest BCUT2D eigenvalue weighted by Gasteiger charge is 2.29. The van der Waals surface area contributed by atoms with Crippen LogP contribution in [0.1, 0.15) is 30.9 Å².